The van der Waals surface area contributed by atoms with Crippen molar-refractivity contribution < 1.29 is 4.74 Å². The number of allylic oxidation sites excluding steroid dienone is 2. The lowest BCUT2D eigenvalue weighted by molar-refractivity contribution is 0.133. The first-order chi connectivity index (χ1) is 15.2. The standard InChI is InChI=1S/C24H25ClN4OS/c1-2-17-6-7-19(28-17)18-4-3-5-20(23(18)25)31-22-15-26-21(14-27-22)29-11-8-24(9-12-29)10-13-30-16-24/h2-6,14-15H,1,7-13,16H2. The van der Waals surface area contributed by atoms with Gasteiger partial charge >= 0.3 is 0 Å². The normalized spacial score (nSPS) is 20.1. The maximum absolute atomic E-state index is 6.72. The summed E-state index contributed by atoms with van der Waals surface area (Å²) in [6.45, 7) is 7.65. The lowest BCUT2D eigenvalue weighted by Gasteiger charge is -2.38. The van der Waals surface area contributed by atoms with E-state index in [0.717, 1.165) is 65.4 Å². The molecule has 0 saturated carbocycles. The van der Waals surface area contributed by atoms with Gasteiger partial charge in [0.2, 0.25) is 0 Å². The predicted octanol–water partition coefficient (Wildman–Crippen LogP) is 5.55. The molecule has 0 aliphatic carbocycles. The van der Waals surface area contributed by atoms with E-state index in [4.69, 9.17) is 16.3 Å². The highest BCUT2D eigenvalue weighted by molar-refractivity contribution is 7.99. The quantitative estimate of drug-likeness (QED) is 0.595. The number of benzene rings is 1. The number of piperidine rings is 1. The lowest BCUT2D eigenvalue weighted by Crippen LogP contribution is -2.40. The average molecular weight is 453 g/mol. The van der Waals surface area contributed by atoms with Crippen molar-refractivity contribution in [2.45, 2.75) is 35.6 Å². The Balaban J connectivity index is 1.26. The first-order valence-corrected chi connectivity index (χ1v) is 11.9. The van der Waals surface area contributed by atoms with Crippen molar-refractivity contribution >= 4 is 34.9 Å². The number of aliphatic imine (C=N–C) groups is 1. The molecule has 5 rings (SSSR count). The molecule has 0 radical (unpaired) electrons. The van der Waals surface area contributed by atoms with Gasteiger partial charge in [-0.2, -0.15) is 0 Å². The zero-order valence-electron chi connectivity index (χ0n) is 17.4. The predicted molar refractivity (Wildman–Crippen MR) is 126 cm³/mol. The summed E-state index contributed by atoms with van der Waals surface area (Å²) in [4.78, 5) is 17.2. The molecule has 3 aliphatic rings. The molecule has 5 nitrogen and oxygen atoms in total. The van der Waals surface area contributed by atoms with Gasteiger partial charge in [-0.05, 0) is 36.8 Å². The van der Waals surface area contributed by atoms with Gasteiger partial charge in [0.15, 0.2) is 0 Å². The lowest BCUT2D eigenvalue weighted by atomic mass is 9.78. The van der Waals surface area contributed by atoms with Crippen molar-refractivity contribution in [1.29, 1.82) is 0 Å². The van der Waals surface area contributed by atoms with Crippen molar-refractivity contribution in [2.24, 2.45) is 10.4 Å². The van der Waals surface area contributed by atoms with Gasteiger partial charge in [-0.1, -0.05) is 48.2 Å². The molecule has 2 saturated heterocycles. The molecule has 0 amide bonds. The summed E-state index contributed by atoms with van der Waals surface area (Å²) in [7, 11) is 0. The van der Waals surface area contributed by atoms with Gasteiger partial charge in [0, 0.05) is 36.6 Å². The van der Waals surface area contributed by atoms with E-state index in [1.54, 1.807) is 6.08 Å². The van der Waals surface area contributed by atoms with Crippen LogP contribution in [-0.4, -0.2) is 42.0 Å². The number of nitrogens with zero attached hydrogens (tertiary/aromatic N) is 4. The van der Waals surface area contributed by atoms with Crippen molar-refractivity contribution in [2.75, 3.05) is 31.2 Å². The van der Waals surface area contributed by atoms with E-state index >= 15 is 0 Å². The van der Waals surface area contributed by atoms with E-state index in [9.17, 15) is 0 Å². The highest BCUT2D eigenvalue weighted by Gasteiger charge is 2.38. The number of hydrogen-bond donors (Lipinski definition) is 0. The van der Waals surface area contributed by atoms with E-state index < -0.39 is 0 Å². The van der Waals surface area contributed by atoms with Gasteiger partial charge in [0.25, 0.3) is 0 Å². The first kappa shape index (κ1) is 20.7. The highest BCUT2D eigenvalue weighted by atomic mass is 35.5. The third-order valence-corrected chi connectivity index (χ3v) is 7.91. The molecule has 0 N–H and O–H groups in total. The Hall–Kier alpha value is -2.15. The Morgan fingerprint density at radius 2 is 2.03 bits per heavy atom. The molecule has 0 unspecified atom stereocenters. The minimum atomic E-state index is 0.396. The zero-order valence-corrected chi connectivity index (χ0v) is 19.0. The Bertz CT molecular complexity index is 1030. The first-order valence-electron chi connectivity index (χ1n) is 10.7. The van der Waals surface area contributed by atoms with Gasteiger partial charge in [-0.25, -0.2) is 9.97 Å². The SMILES string of the molecule is C=CC1=CCC(c2cccc(Sc3cnc(N4CCC5(CCOC5)CC4)cn3)c2Cl)=N1. The van der Waals surface area contributed by atoms with E-state index in [1.165, 1.54) is 31.0 Å². The van der Waals surface area contributed by atoms with Crippen LogP contribution in [0.4, 0.5) is 5.82 Å². The van der Waals surface area contributed by atoms with E-state index in [-0.39, 0.29) is 0 Å². The summed E-state index contributed by atoms with van der Waals surface area (Å²) in [5, 5.41) is 1.54. The smallest absolute Gasteiger partial charge is 0.147 e. The summed E-state index contributed by atoms with van der Waals surface area (Å²) in [5.41, 5.74) is 3.23. The van der Waals surface area contributed by atoms with Crippen LogP contribution in [0.3, 0.4) is 0 Å². The second-order valence-corrected chi connectivity index (χ2v) is 9.76. The minimum absolute atomic E-state index is 0.396. The Kier molecular flexibility index (Phi) is 5.87. The van der Waals surface area contributed by atoms with Crippen LogP contribution >= 0.6 is 23.4 Å². The Labute approximate surface area is 192 Å². The van der Waals surface area contributed by atoms with Crippen molar-refractivity contribution in [3.8, 4) is 0 Å². The number of rotatable bonds is 5. The number of aromatic nitrogens is 2. The van der Waals surface area contributed by atoms with Crippen molar-refractivity contribution in [3.63, 3.8) is 0 Å². The largest absolute Gasteiger partial charge is 0.381 e. The molecule has 160 valence electrons. The van der Waals surface area contributed by atoms with Crippen molar-refractivity contribution in [1.82, 2.24) is 9.97 Å². The van der Waals surface area contributed by atoms with E-state index in [0.29, 0.717) is 10.4 Å². The zero-order chi connectivity index (χ0) is 21.3. The van der Waals surface area contributed by atoms with Crippen LogP contribution in [0.1, 0.15) is 31.2 Å². The topological polar surface area (TPSA) is 50.6 Å². The fourth-order valence-electron chi connectivity index (χ4n) is 4.45. The molecule has 4 heterocycles. The summed E-state index contributed by atoms with van der Waals surface area (Å²) < 4.78 is 5.64. The molecule has 31 heavy (non-hydrogen) atoms. The van der Waals surface area contributed by atoms with Gasteiger partial charge in [0.05, 0.1) is 35.4 Å². The van der Waals surface area contributed by atoms with Crippen LogP contribution in [-0.2, 0) is 4.74 Å². The maximum Gasteiger partial charge on any atom is 0.147 e. The molecule has 3 aliphatic heterocycles. The fraction of sp³-hybridized carbons (Fsp3) is 0.375. The third-order valence-electron chi connectivity index (χ3n) is 6.41. The van der Waals surface area contributed by atoms with Crippen LogP contribution in [0.25, 0.3) is 0 Å². The van der Waals surface area contributed by atoms with E-state index in [2.05, 4.69) is 32.5 Å². The van der Waals surface area contributed by atoms with Crippen LogP contribution < -0.4 is 4.90 Å². The molecule has 1 spiro atoms. The molecule has 0 atom stereocenters. The Morgan fingerprint density at radius 3 is 2.71 bits per heavy atom. The molecule has 2 fully saturated rings. The molecule has 7 heteroatoms. The highest BCUT2D eigenvalue weighted by Crippen LogP contribution is 2.40. The molecular formula is C24H25ClN4OS. The number of ether oxygens (including phenoxy) is 1. The molecule has 1 aromatic carbocycles. The number of halogens is 1. The summed E-state index contributed by atoms with van der Waals surface area (Å²) in [5.74, 6) is 0.946. The fourth-order valence-corrected chi connectivity index (χ4v) is 5.59. The van der Waals surface area contributed by atoms with Crippen LogP contribution in [0.2, 0.25) is 5.02 Å². The van der Waals surface area contributed by atoms with Gasteiger partial charge < -0.3 is 9.64 Å². The minimum Gasteiger partial charge on any atom is -0.381 e. The summed E-state index contributed by atoms with van der Waals surface area (Å²) >= 11 is 8.26. The van der Waals surface area contributed by atoms with Gasteiger partial charge in [0.1, 0.15) is 10.8 Å². The molecular weight excluding hydrogens is 428 g/mol. The van der Waals surface area contributed by atoms with Crippen LogP contribution in [0.5, 0.6) is 0 Å². The van der Waals surface area contributed by atoms with Gasteiger partial charge in [-0.15, -0.1) is 0 Å². The van der Waals surface area contributed by atoms with Gasteiger partial charge in [-0.3, -0.25) is 4.99 Å². The average Bonchev–Trinajstić information content (AvgIpc) is 3.46. The maximum atomic E-state index is 6.72. The second kappa shape index (κ2) is 8.77. The van der Waals surface area contributed by atoms with Crippen LogP contribution in [0.15, 0.2) is 69.9 Å². The number of hydrogen-bond acceptors (Lipinski definition) is 6. The summed E-state index contributed by atoms with van der Waals surface area (Å²) in [6.07, 6.45) is 11.8. The van der Waals surface area contributed by atoms with Crippen LogP contribution in [0, 0.1) is 5.41 Å². The number of anilines is 1. The van der Waals surface area contributed by atoms with E-state index in [1.807, 2.05) is 30.6 Å². The third kappa shape index (κ3) is 4.29. The monoisotopic (exact) mass is 452 g/mol. The molecule has 1 aromatic heterocycles. The Morgan fingerprint density at radius 1 is 1.16 bits per heavy atom. The molecule has 2 aromatic rings. The summed E-state index contributed by atoms with van der Waals surface area (Å²) in [6, 6.07) is 6.03. The second-order valence-electron chi connectivity index (χ2n) is 8.32. The van der Waals surface area contributed by atoms with Crippen molar-refractivity contribution in [3.05, 3.63) is 65.6 Å². The molecule has 0 bridgehead atoms.